The standard InChI is InChI=1S/C17H21F3N4O2/c1-2-21-16(22-8-7-14-4-3-10-25-14)23-9-11-26-15-6-5-13(12-24-15)17(18,19)20/h3-6,10,12H,2,7-9,11H2,1H3,(H2,21,22,23). The normalized spacial score (nSPS) is 12.1. The van der Waals surface area contributed by atoms with Crippen molar-refractivity contribution in [2.24, 2.45) is 4.99 Å². The Hall–Kier alpha value is -2.71. The summed E-state index contributed by atoms with van der Waals surface area (Å²) in [5, 5.41) is 6.18. The molecule has 26 heavy (non-hydrogen) atoms. The second-order valence-electron chi connectivity index (χ2n) is 5.25. The highest BCUT2D eigenvalue weighted by Crippen LogP contribution is 2.29. The topological polar surface area (TPSA) is 71.7 Å². The maximum absolute atomic E-state index is 12.5. The highest BCUT2D eigenvalue weighted by atomic mass is 19.4. The predicted octanol–water partition coefficient (Wildman–Crippen LogP) is 2.87. The summed E-state index contributed by atoms with van der Waals surface area (Å²) >= 11 is 0. The molecule has 0 radical (unpaired) electrons. The fraction of sp³-hybridized carbons (Fsp3) is 0.412. The largest absolute Gasteiger partial charge is 0.476 e. The Balaban J connectivity index is 1.73. The molecule has 142 valence electrons. The van der Waals surface area contributed by atoms with Gasteiger partial charge in [0.25, 0.3) is 0 Å². The van der Waals surface area contributed by atoms with E-state index in [9.17, 15) is 13.2 Å². The molecule has 0 aliphatic heterocycles. The molecule has 0 fully saturated rings. The zero-order chi connectivity index (χ0) is 18.8. The Kier molecular flexibility index (Phi) is 7.31. The van der Waals surface area contributed by atoms with Crippen LogP contribution in [0.25, 0.3) is 0 Å². The molecule has 2 aromatic rings. The van der Waals surface area contributed by atoms with E-state index in [1.807, 2.05) is 19.1 Å². The molecule has 0 spiro atoms. The summed E-state index contributed by atoms with van der Waals surface area (Å²) in [6, 6.07) is 5.86. The molecule has 2 N–H and O–H groups in total. The van der Waals surface area contributed by atoms with E-state index >= 15 is 0 Å². The van der Waals surface area contributed by atoms with Gasteiger partial charge in [-0.3, -0.25) is 4.99 Å². The highest BCUT2D eigenvalue weighted by molar-refractivity contribution is 5.79. The van der Waals surface area contributed by atoms with Crippen molar-refractivity contribution < 1.29 is 22.3 Å². The summed E-state index contributed by atoms with van der Waals surface area (Å²) in [7, 11) is 0. The number of rotatable bonds is 8. The minimum Gasteiger partial charge on any atom is -0.476 e. The second-order valence-corrected chi connectivity index (χ2v) is 5.25. The number of alkyl halides is 3. The van der Waals surface area contributed by atoms with E-state index in [4.69, 9.17) is 9.15 Å². The van der Waals surface area contributed by atoms with Gasteiger partial charge in [0.15, 0.2) is 5.96 Å². The molecule has 0 atom stereocenters. The van der Waals surface area contributed by atoms with Crippen molar-refractivity contribution in [2.45, 2.75) is 19.5 Å². The van der Waals surface area contributed by atoms with Gasteiger partial charge < -0.3 is 19.8 Å². The van der Waals surface area contributed by atoms with Gasteiger partial charge in [-0.15, -0.1) is 0 Å². The van der Waals surface area contributed by atoms with Crippen molar-refractivity contribution in [3.63, 3.8) is 0 Å². The monoisotopic (exact) mass is 370 g/mol. The van der Waals surface area contributed by atoms with E-state index in [-0.39, 0.29) is 12.5 Å². The zero-order valence-corrected chi connectivity index (χ0v) is 14.3. The first-order valence-electron chi connectivity index (χ1n) is 8.19. The third kappa shape index (κ3) is 6.66. The summed E-state index contributed by atoms with van der Waals surface area (Å²) in [5.74, 6) is 1.63. The van der Waals surface area contributed by atoms with Gasteiger partial charge in [-0.2, -0.15) is 13.2 Å². The Morgan fingerprint density at radius 2 is 2.12 bits per heavy atom. The van der Waals surface area contributed by atoms with Crippen LogP contribution < -0.4 is 15.4 Å². The highest BCUT2D eigenvalue weighted by Gasteiger charge is 2.30. The van der Waals surface area contributed by atoms with Crippen LogP contribution in [-0.4, -0.2) is 37.2 Å². The van der Waals surface area contributed by atoms with E-state index in [2.05, 4.69) is 20.6 Å². The van der Waals surface area contributed by atoms with Crippen molar-refractivity contribution >= 4 is 5.96 Å². The number of hydrogen-bond acceptors (Lipinski definition) is 4. The van der Waals surface area contributed by atoms with Gasteiger partial charge in [-0.25, -0.2) is 4.98 Å². The Morgan fingerprint density at radius 3 is 2.73 bits per heavy atom. The lowest BCUT2D eigenvalue weighted by molar-refractivity contribution is -0.137. The van der Waals surface area contributed by atoms with E-state index in [1.165, 1.54) is 6.07 Å². The van der Waals surface area contributed by atoms with Crippen molar-refractivity contribution in [2.75, 3.05) is 26.2 Å². The molecule has 2 heterocycles. The number of halogens is 3. The molecule has 0 saturated heterocycles. The molecule has 0 unspecified atom stereocenters. The third-order valence-corrected chi connectivity index (χ3v) is 3.26. The second kappa shape index (κ2) is 9.69. The number of guanidine groups is 1. The van der Waals surface area contributed by atoms with Gasteiger partial charge in [0.05, 0.1) is 18.4 Å². The Bertz CT molecular complexity index is 670. The Labute approximate surface area is 149 Å². The smallest absolute Gasteiger partial charge is 0.417 e. The van der Waals surface area contributed by atoms with E-state index in [1.54, 1.807) is 6.26 Å². The fourth-order valence-corrected chi connectivity index (χ4v) is 2.03. The van der Waals surface area contributed by atoms with Crippen LogP contribution >= 0.6 is 0 Å². The number of nitrogens with one attached hydrogen (secondary N) is 2. The lowest BCUT2D eigenvalue weighted by Gasteiger charge is -2.12. The molecule has 0 aliphatic rings. The summed E-state index contributed by atoms with van der Waals surface area (Å²) < 4.78 is 48.0. The first kappa shape index (κ1) is 19.6. The van der Waals surface area contributed by atoms with Crippen LogP contribution in [0.1, 0.15) is 18.2 Å². The van der Waals surface area contributed by atoms with Crippen LogP contribution in [0.5, 0.6) is 5.88 Å². The lowest BCUT2D eigenvalue weighted by atomic mass is 10.3. The molecule has 2 aromatic heterocycles. The van der Waals surface area contributed by atoms with Crippen LogP contribution in [0.2, 0.25) is 0 Å². The van der Waals surface area contributed by atoms with Gasteiger partial charge in [-0.1, -0.05) is 0 Å². The van der Waals surface area contributed by atoms with Crippen LogP contribution in [0.15, 0.2) is 46.1 Å². The van der Waals surface area contributed by atoms with Gasteiger partial charge in [-0.05, 0) is 25.1 Å². The number of aliphatic imine (C=N–C) groups is 1. The van der Waals surface area contributed by atoms with Crippen molar-refractivity contribution in [1.29, 1.82) is 0 Å². The molecule has 6 nitrogen and oxygen atoms in total. The SMILES string of the molecule is CCNC(=NCCc1ccco1)NCCOc1ccc(C(F)(F)F)cn1. The molecular weight excluding hydrogens is 349 g/mol. The van der Waals surface area contributed by atoms with Gasteiger partial charge in [0.1, 0.15) is 12.4 Å². The van der Waals surface area contributed by atoms with Crippen LogP contribution in [0.3, 0.4) is 0 Å². The molecular formula is C17H21F3N4O2. The molecule has 2 rings (SSSR count). The maximum atomic E-state index is 12.5. The number of nitrogens with zero attached hydrogens (tertiary/aromatic N) is 2. The quantitative estimate of drug-likeness (QED) is 0.425. The molecule has 0 aromatic carbocycles. The average Bonchev–Trinajstić information content (AvgIpc) is 3.11. The molecule has 0 amide bonds. The molecule has 0 aliphatic carbocycles. The fourth-order valence-electron chi connectivity index (χ4n) is 2.03. The first-order valence-corrected chi connectivity index (χ1v) is 8.19. The number of ether oxygens (including phenoxy) is 1. The number of pyridine rings is 1. The van der Waals surface area contributed by atoms with Crippen LogP contribution in [-0.2, 0) is 12.6 Å². The van der Waals surface area contributed by atoms with Gasteiger partial charge in [0.2, 0.25) is 5.88 Å². The van der Waals surface area contributed by atoms with Crippen molar-refractivity contribution in [3.8, 4) is 5.88 Å². The maximum Gasteiger partial charge on any atom is 0.417 e. The van der Waals surface area contributed by atoms with Crippen molar-refractivity contribution in [3.05, 3.63) is 48.0 Å². The molecule has 0 bridgehead atoms. The van der Waals surface area contributed by atoms with Gasteiger partial charge in [0, 0.05) is 31.8 Å². The van der Waals surface area contributed by atoms with Crippen LogP contribution in [0.4, 0.5) is 13.2 Å². The Morgan fingerprint density at radius 1 is 1.27 bits per heavy atom. The molecule has 0 saturated carbocycles. The average molecular weight is 370 g/mol. The predicted molar refractivity (Wildman–Crippen MR) is 91.1 cm³/mol. The summed E-state index contributed by atoms with van der Waals surface area (Å²) in [6.45, 7) is 3.88. The molecule has 9 heteroatoms. The van der Waals surface area contributed by atoms with Crippen molar-refractivity contribution in [1.82, 2.24) is 15.6 Å². The van der Waals surface area contributed by atoms with Crippen LogP contribution in [0, 0.1) is 0 Å². The number of furan rings is 1. The van der Waals surface area contributed by atoms with E-state index < -0.39 is 11.7 Å². The van der Waals surface area contributed by atoms with Gasteiger partial charge >= 0.3 is 6.18 Å². The van der Waals surface area contributed by atoms with E-state index in [0.717, 1.165) is 18.0 Å². The summed E-state index contributed by atoms with van der Waals surface area (Å²) in [6.07, 6.45) is -1.34. The number of aromatic nitrogens is 1. The first-order chi connectivity index (χ1) is 12.5. The minimum absolute atomic E-state index is 0.138. The minimum atomic E-state index is -4.40. The third-order valence-electron chi connectivity index (χ3n) is 3.26. The summed E-state index contributed by atoms with van der Waals surface area (Å²) in [4.78, 5) is 8.06. The lowest BCUT2D eigenvalue weighted by Crippen LogP contribution is -2.39. The zero-order valence-electron chi connectivity index (χ0n) is 14.3. The number of hydrogen-bond donors (Lipinski definition) is 2. The van der Waals surface area contributed by atoms with E-state index in [0.29, 0.717) is 32.0 Å². The summed E-state index contributed by atoms with van der Waals surface area (Å²) in [5.41, 5.74) is -0.805.